The zero-order valence-electron chi connectivity index (χ0n) is 12.9. The summed E-state index contributed by atoms with van der Waals surface area (Å²) in [6.07, 6.45) is -1.47. The fraction of sp³-hybridized carbons (Fsp3) is 0.733. The van der Waals surface area contributed by atoms with E-state index in [1.807, 2.05) is 6.92 Å². The number of nitrogens with zero attached hydrogens (tertiary/aromatic N) is 2. The number of hydrogen-bond acceptors (Lipinski definition) is 3. The van der Waals surface area contributed by atoms with Crippen LogP contribution in [0, 0.1) is 11.8 Å². The Hall–Kier alpha value is -1.57. The van der Waals surface area contributed by atoms with Crippen LogP contribution in [-0.4, -0.2) is 34.7 Å². The van der Waals surface area contributed by atoms with Crippen LogP contribution in [0.15, 0.2) is 6.20 Å². The first-order valence-electron chi connectivity index (χ1n) is 7.87. The van der Waals surface area contributed by atoms with Crippen LogP contribution in [0.5, 0.6) is 0 Å². The van der Waals surface area contributed by atoms with Gasteiger partial charge >= 0.3 is 6.18 Å². The Labute approximate surface area is 132 Å². The van der Waals surface area contributed by atoms with Gasteiger partial charge in [0.2, 0.25) is 5.91 Å². The maximum Gasteiger partial charge on any atom is 0.434 e. The molecule has 0 aromatic carbocycles. The van der Waals surface area contributed by atoms with E-state index in [0.717, 1.165) is 19.0 Å². The lowest BCUT2D eigenvalue weighted by atomic mass is 9.98. The van der Waals surface area contributed by atoms with E-state index in [9.17, 15) is 18.0 Å². The summed E-state index contributed by atoms with van der Waals surface area (Å²) in [6.45, 7) is 3.41. The third-order valence-electron chi connectivity index (χ3n) is 4.66. The molecule has 0 radical (unpaired) electrons. The summed E-state index contributed by atoms with van der Waals surface area (Å²) in [5.41, 5.74) is -0.839. The van der Waals surface area contributed by atoms with Gasteiger partial charge in [0.05, 0.1) is 12.0 Å². The lowest BCUT2D eigenvalue weighted by Crippen LogP contribution is -2.38. The van der Waals surface area contributed by atoms with E-state index < -0.39 is 11.9 Å². The number of ether oxygens (including phenoxy) is 1. The molecule has 1 N–H and O–H groups in total. The molecule has 0 saturated carbocycles. The first kappa shape index (κ1) is 16.3. The van der Waals surface area contributed by atoms with Gasteiger partial charge in [-0.2, -0.15) is 13.2 Å². The van der Waals surface area contributed by atoms with Crippen LogP contribution >= 0.6 is 0 Å². The van der Waals surface area contributed by atoms with Crippen LogP contribution in [0.1, 0.15) is 31.3 Å². The molecule has 1 fully saturated rings. The summed E-state index contributed by atoms with van der Waals surface area (Å²) in [4.78, 5) is 15.8. The van der Waals surface area contributed by atoms with Gasteiger partial charge in [-0.15, -0.1) is 0 Å². The molecule has 1 saturated heterocycles. The number of nitrogens with one attached hydrogen (secondary N) is 1. The van der Waals surface area contributed by atoms with E-state index in [1.54, 1.807) is 4.57 Å². The van der Waals surface area contributed by atoms with Crippen molar-refractivity contribution in [1.82, 2.24) is 14.9 Å². The van der Waals surface area contributed by atoms with Crippen molar-refractivity contribution >= 4 is 5.91 Å². The first-order chi connectivity index (χ1) is 10.8. The topological polar surface area (TPSA) is 56.1 Å². The number of carbonyl (C=O) groups is 1. The fourth-order valence-corrected chi connectivity index (χ4v) is 3.27. The van der Waals surface area contributed by atoms with Gasteiger partial charge in [0.1, 0.15) is 5.82 Å². The van der Waals surface area contributed by atoms with E-state index in [4.69, 9.17) is 4.74 Å². The van der Waals surface area contributed by atoms with Crippen molar-refractivity contribution in [2.75, 3.05) is 13.2 Å². The van der Waals surface area contributed by atoms with Crippen LogP contribution in [0.2, 0.25) is 0 Å². The van der Waals surface area contributed by atoms with Gasteiger partial charge in [0.25, 0.3) is 0 Å². The molecule has 128 valence electrons. The molecule has 3 rings (SSSR count). The minimum Gasteiger partial charge on any atom is -0.378 e. The minimum atomic E-state index is -4.41. The van der Waals surface area contributed by atoms with Gasteiger partial charge in [-0.25, -0.2) is 4.98 Å². The first-order valence-corrected chi connectivity index (χ1v) is 7.87. The largest absolute Gasteiger partial charge is 0.434 e. The molecule has 2 aliphatic heterocycles. The van der Waals surface area contributed by atoms with E-state index in [1.165, 1.54) is 0 Å². The smallest absolute Gasteiger partial charge is 0.378 e. The third kappa shape index (κ3) is 3.52. The number of aryl methyl sites for hydroxylation is 1. The molecule has 0 bridgehead atoms. The predicted octanol–water partition coefficient (Wildman–Crippen LogP) is 2.01. The van der Waals surface area contributed by atoms with Crippen molar-refractivity contribution in [3.05, 3.63) is 17.7 Å². The third-order valence-corrected chi connectivity index (χ3v) is 4.66. The molecule has 0 unspecified atom stereocenters. The van der Waals surface area contributed by atoms with Crippen molar-refractivity contribution < 1.29 is 22.7 Å². The van der Waals surface area contributed by atoms with Gasteiger partial charge in [-0.05, 0) is 25.7 Å². The Morgan fingerprint density at radius 3 is 2.91 bits per heavy atom. The summed E-state index contributed by atoms with van der Waals surface area (Å²) >= 11 is 0. The minimum absolute atomic E-state index is 0.0255. The molecule has 5 nitrogen and oxygen atoms in total. The highest BCUT2D eigenvalue weighted by atomic mass is 19.4. The Morgan fingerprint density at radius 1 is 1.48 bits per heavy atom. The molecule has 0 aliphatic carbocycles. The van der Waals surface area contributed by atoms with Crippen molar-refractivity contribution in [1.29, 1.82) is 0 Å². The van der Waals surface area contributed by atoms with E-state index in [0.29, 0.717) is 31.9 Å². The monoisotopic (exact) mass is 331 g/mol. The number of hydrogen-bond donors (Lipinski definition) is 1. The summed E-state index contributed by atoms with van der Waals surface area (Å²) in [6, 6.07) is 0. The zero-order valence-corrected chi connectivity index (χ0v) is 12.9. The molecule has 0 spiro atoms. The molecule has 3 atom stereocenters. The highest BCUT2D eigenvalue weighted by Gasteiger charge is 2.36. The SMILES string of the molecule is C[C@@H]1OCC[C@H]1C(=O)NC[C@@H]1CCc2nc(C(F)(F)F)cn2C1. The lowest BCUT2D eigenvalue weighted by molar-refractivity contribution is -0.141. The maximum atomic E-state index is 12.7. The lowest BCUT2D eigenvalue weighted by Gasteiger charge is -2.24. The van der Waals surface area contributed by atoms with Gasteiger partial charge in [-0.3, -0.25) is 4.79 Å². The normalized spacial score (nSPS) is 27.7. The molecular formula is C15H20F3N3O2. The molecule has 1 aromatic heterocycles. The predicted molar refractivity (Wildman–Crippen MR) is 75.6 cm³/mol. The summed E-state index contributed by atoms with van der Waals surface area (Å²) in [7, 11) is 0. The number of imidazole rings is 1. The highest BCUT2D eigenvalue weighted by molar-refractivity contribution is 5.79. The fourth-order valence-electron chi connectivity index (χ4n) is 3.27. The molecule has 8 heteroatoms. The average Bonchev–Trinajstić information content (AvgIpc) is 3.09. The number of amides is 1. The molecular weight excluding hydrogens is 311 g/mol. The van der Waals surface area contributed by atoms with Crippen LogP contribution in [0.4, 0.5) is 13.2 Å². The number of alkyl halides is 3. The quantitative estimate of drug-likeness (QED) is 0.922. The van der Waals surface area contributed by atoms with Gasteiger partial charge < -0.3 is 14.6 Å². The van der Waals surface area contributed by atoms with Crippen LogP contribution in [0.3, 0.4) is 0 Å². The molecule has 1 amide bonds. The maximum absolute atomic E-state index is 12.7. The van der Waals surface area contributed by atoms with Crippen molar-refractivity contribution in [3.8, 4) is 0 Å². The number of fused-ring (bicyclic) bond motifs is 1. The summed E-state index contributed by atoms with van der Waals surface area (Å²) in [5.74, 6) is 0.443. The number of aromatic nitrogens is 2. The van der Waals surface area contributed by atoms with Gasteiger partial charge in [0.15, 0.2) is 5.69 Å². The highest BCUT2D eigenvalue weighted by Crippen LogP contribution is 2.30. The Bertz CT molecular complexity index is 585. The Kier molecular flexibility index (Phi) is 4.35. The Balaban J connectivity index is 1.55. The molecule has 1 aromatic rings. The van der Waals surface area contributed by atoms with Crippen molar-refractivity contribution in [3.63, 3.8) is 0 Å². The summed E-state index contributed by atoms with van der Waals surface area (Å²) in [5, 5.41) is 2.92. The van der Waals surface area contributed by atoms with E-state index in [2.05, 4.69) is 10.3 Å². The molecule has 3 heterocycles. The van der Waals surface area contributed by atoms with Crippen LogP contribution in [-0.2, 0) is 28.7 Å². The van der Waals surface area contributed by atoms with E-state index in [-0.39, 0.29) is 23.8 Å². The number of halogens is 3. The van der Waals surface area contributed by atoms with Crippen LogP contribution < -0.4 is 5.32 Å². The van der Waals surface area contributed by atoms with Crippen LogP contribution in [0.25, 0.3) is 0 Å². The molecule has 23 heavy (non-hydrogen) atoms. The number of rotatable bonds is 3. The standard InChI is InChI=1S/C15H20F3N3O2/c1-9-11(4-5-23-9)14(22)19-6-10-2-3-13-20-12(15(16,17)18)8-21(13)7-10/h8-11H,2-7H2,1H3,(H,19,22)/t9-,10-,11+/m0/s1. The second kappa shape index (κ2) is 6.14. The van der Waals surface area contributed by atoms with Gasteiger partial charge in [-0.1, -0.05) is 0 Å². The average molecular weight is 331 g/mol. The van der Waals surface area contributed by atoms with Crippen molar-refractivity contribution in [2.45, 2.75) is 45.0 Å². The zero-order chi connectivity index (χ0) is 16.6. The number of carbonyl (C=O) groups excluding carboxylic acids is 1. The van der Waals surface area contributed by atoms with Gasteiger partial charge in [0, 0.05) is 32.3 Å². The van der Waals surface area contributed by atoms with Crippen molar-refractivity contribution in [2.24, 2.45) is 11.8 Å². The second-order valence-corrected chi connectivity index (χ2v) is 6.31. The second-order valence-electron chi connectivity index (χ2n) is 6.31. The summed E-state index contributed by atoms with van der Waals surface area (Å²) < 4.78 is 45.0. The molecule has 2 aliphatic rings. The van der Waals surface area contributed by atoms with E-state index >= 15 is 0 Å². The Morgan fingerprint density at radius 2 is 2.26 bits per heavy atom.